The van der Waals surface area contributed by atoms with E-state index in [2.05, 4.69) is 36.2 Å². The van der Waals surface area contributed by atoms with Crippen LogP contribution >= 0.6 is 0 Å². The zero-order valence-electron chi connectivity index (χ0n) is 40.0. The number of benzene rings is 5. The number of carbonyl (C=O) groups is 4. The van der Waals surface area contributed by atoms with E-state index in [1.165, 1.54) is 4.90 Å². The molecule has 1 atom stereocenters. The van der Waals surface area contributed by atoms with Crippen molar-refractivity contribution < 1.29 is 32.3 Å². The number of ether oxygens (including phenoxy) is 1. The van der Waals surface area contributed by atoms with Crippen LogP contribution in [0, 0.1) is 25.7 Å². The maximum Gasteiger partial charge on any atom is 0.255 e. The summed E-state index contributed by atoms with van der Waals surface area (Å²) < 4.78 is 32.7. The Morgan fingerprint density at radius 1 is 0.721 bits per heavy atom. The molecule has 68 heavy (non-hydrogen) atoms. The molecule has 0 saturated carbocycles. The van der Waals surface area contributed by atoms with E-state index in [4.69, 9.17) is 4.74 Å². The smallest absolute Gasteiger partial charge is 0.255 e. The molecule has 2 amide bonds. The van der Waals surface area contributed by atoms with Gasteiger partial charge in [0.2, 0.25) is 5.91 Å². The minimum Gasteiger partial charge on any atom is -0.361 e. The highest BCUT2D eigenvalue weighted by Gasteiger charge is 2.29. The summed E-state index contributed by atoms with van der Waals surface area (Å²) >= 11 is 0. The second kappa shape index (κ2) is 23.9. The Bertz CT molecular complexity index is 2760. The van der Waals surface area contributed by atoms with Crippen molar-refractivity contribution in [2.24, 2.45) is 11.8 Å². The number of hydrogen-bond donors (Lipinski definition) is 1. The fourth-order valence-electron chi connectivity index (χ4n) is 7.94. The molecule has 0 bridgehead atoms. The Hall–Kier alpha value is -6.57. The number of nitrogens with one attached hydrogen (secondary N) is 1. The average molecular weight is 938 g/mol. The van der Waals surface area contributed by atoms with Crippen LogP contribution in [0.4, 0.5) is 5.69 Å². The van der Waals surface area contributed by atoms with Gasteiger partial charge in [0, 0.05) is 61.1 Å². The van der Waals surface area contributed by atoms with Gasteiger partial charge in [-0.05, 0) is 86.9 Å². The molecule has 1 aromatic heterocycles. The van der Waals surface area contributed by atoms with Crippen LogP contribution in [-0.4, -0.2) is 78.2 Å². The summed E-state index contributed by atoms with van der Waals surface area (Å²) in [6, 6.07) is 36.4. The van der Waals surface area contributed by atoms with E-state index in [1.807, 2.05) is 86.6 Å². The van der Waals surface area contributed by atoms with Crippen molar-refractivity contribution in [3.8, 4) is 22.5 Å². The summed E-state index contributed by atoms with van der Waals surface area (Å²) in [4.78, 5) is 57.1. The summed E-state index contributed by atoms with van der Waals surface area (Å²) in [5, 5.41) is 11.6. The molecule has 13 heteroatoms. The fraction of sp³-hybridized carbons (Fsp3) is 0.345. The van der Waals surface area contributed by atoms with Crippen molar-refractivity contribution in [3.05, 3.63) is 155 Å². The van der Waals surface area contributed by atoms with Crippen LogP contribution in [0.5, 0.6) is 0 Å². The number of hydrogen-bond acceptors (Lipinski definition) is 9. The zero-order chi connectivity index (χ0) is 48.8. The van der Waals surface area contributed by atoms with Crippen molar-refractivity contribution in [2.45, 2.75) is 91.0 Å². The van der Waals surface area contributed by atoms with E-state index in [0.29, 0.717) is 49.0 Å². The lowest BCUT2D eigenvalue weighted by atomic mass is 9.92. The van der Waals surface area contributed by atoms with Gasteiger partial charge in [0.15, 0.2) is 15.6 Å². The predicted molar refractivity (Wildman–Crippen MR) is 267 cm³/mol. The third-order valence-electron chi connectivity index (χ3n) is 11.6. The van der Waals surface area contributed by atoms with Gasteiger partial charge in [-0.3, -0.25) is 19.2 Å². The molecule has 5 aromatic carbocycles. The summed E-state index contributed by atoms with van der Waals surface area (Å²) in [7, 11) is -2.15. The minimum absolute atomic E-state index is 0.00354. The molecule has 356 valence electrons. The number of H-pyrrole nitrogens is 1. The van der Waals surface area contributed by atoms with Gasteiger partial charge in [-0.15, -0.1) is 0 Å². The van der Waals surface area contributed by atoms with E-state index in [9.17, 15) is 27.6 Å². The van der Waals surface area contributed by atoms with E-state index in [-0.39, 0.29) is 66.6 Å². The first-order valence-electron chi connectivity index (χ1n) is 23.3. The first kappa shape index (κ1) is 50.8. The van der Waals surface area contributed by atoms with Crippen molar-refractivity contribution >= 4 is 38.9 Å². The van der Waals surface area contributed by atoms with Gasteiger partial charge in [0.1, 0.15) is 23.9 Å². The number of anilines is 1. The SMILES string of the molecule is CC(C)C.Cc1ccc(CCC(CS(=O)(=O)c2ccc(C)cc2)C(=O)c2ccc(C(=O)N(C)COCCCC(=O)CCCC(=O)N3Cc4ccccc4-c4n[nH]nc4-c4ccccc43)cc2)cc1. The van der Waals surface area contributed by atoms with Crippen LogP contribution in [0.3, 0.4) is 0 Å². The fourth-order valence-corrected chi connectivity index (χ4v) is 9.53. The Morgan fingerprint density at radius 3 is 1.97 bits per heavy atom. The van der Waals surface area contributed by atoms with Gasteiger partial charge in [-0.1, -0.05) is 123 Å². The van der Waals surface area contributed by atoms with Crippen LogP contribution in [-0.2, 0) is 37.1 Å². The predicted octanol–water partition coefficient (Wildman–Crippen LogP) is 10.4. The molecule has 1 aliphatic heterocycles. The number of ketones is 2. The molecule has 0 aliphatic carbocycles. The monoisotopic (exact) mass is 937 g/mol. The Kier molecular flexibility index (Phi) is 17.9. The molecule has 7 rings (SSSR count). The molecule has 0 radical (unpaired) electrons. The highest BCUT2D eigenvalue weighted by Crippen LogP contribution is 2.40. The second-order valence-electron chi connectivity index (χ2n) is 18.2. The number of rotatable bonds is 19. The van der Waals surface area contributed by atoms with Gasteiger partial charge in [0.25, 0.3) is 5.91 Å². The van der Waals surface area contributed by atoms with Crippen molar-refractivity contribution in [2.75, 3.05) is 31.0 Å². The highest BCUT2D eigenvalue weighted by molar-refractivity contribution is 7.91. The largest absolute Gasteiger partial charge is 0.361 e. The van der Waals surface area contributed by atoms with E-state index in [1.54, 1.807) is 60.5 Å². The lowest BCUT2D eigenvalue weighted by molar-refractivity contribution is -0.120. The molecule has 0 fully saturated rings. The molecule has 0 spiro atoms. The van der Waals surface area contributed by atoms with Crippen molar-refractivity contribution in [1.29, 1.82) is 0 Å². The number of fused-ring (bicyclic) bond motifs is 5. The summed E-state index contributed by atoms with van der Waals surface area (Å²) in [6.45, 7) is 11.0. The number of aryl methyl sites for hydroxylation is 3. The second-order valence-corrected chi connectivity index (χ2v) is 20.2. The van der Waals surface area contributed by atoms with E-state index in [0.717, 1.165) is 50.7 Å². The number of para-hydroxylation sites is 1. The normalized spacial score (nSPS) is 12.4. The number of Topliss-reactive ketones (excluding diaryl/α,β-unsaturated/α-hetero) is 2. The Balaban J connectivity index is 0.00000183. The molecule has 1 N–H and O–H groups in total. The lowest BCUT2D eigenvalue weighted by Crippen LogP contribution is -2.31. The maximum atomic E-state index is 13.9. The maximum absolute atomic E-state index is 13.9. The summed E-state index contributed by atoms with van der Waals surface area (Å²) in [5.74, 6) is -0.950. The number of aromatic nitrogens is 3. The first-order chi connectivity index (χ1) is 32.6. The van der Waals surface area contributed by atoms with E-state index >= 15 is 0 Å². The van der Waals surface area contributed by atoms with Crippen LogP contribution in [0.1, 0.15) is 102 Å². The van der Waals surface area contributed by atoms with Crippen LogP contribution in [0.25, 0.3) is 22.5 Å². The molecule has 12 nitrogen and oxygen atoms in total. The first-order valence-corrected chi connectivity index (χ1v) is 25.0. The zero-order valence-corrected chi connectivity index (χ0v) is 40.9. The number of sulfone groups is 1. The summed E-state index contributed by atoms with van der Waals surface area (Å²) in [6.07, 6.45) is 2.51. The van der Waals surface area contributed by atoms with Gasteiger partial charge < -0.3 is 14.5 Å². The molecule has 6 aromatic rings. The van der Waals surface area contributed by atoms with Crippen LogP contribution in [0.15, 0.2) is 126 Å². The number of aromatic amines is 1. The molecule has 1 aliphatic rings. The average Bonchev–Trinajstić information content (AvgIpc) is 3.81. The highest BCUT2D eigenvalue weighted by atomic mass is 32.2. The molecular formula is C55H63N5O7S. The van der Waals surface area contributed by atoms with Crippen molar-refractivity contribution in [1.82, 2.24) is 20.3 Å². The molecule has 2 heterocycles. The minimum atomic E-state index is -3.76. The van der Waals surface area contributed by atoms with Gasteiger partial charge in [0.05, 0.1) is 22.9 Å². The van der Waals surface area contributed by atoms with Gasteiger partial charge in [-0.2, -0.15) is 15.4 Å². The lowest BCUT2D eigenvalue weighted by Gasteiger charge is -2.28. The quantitative estimate of drug-likeness (QED) is 0.0474. The molecule has 0 saturated heterocycles. The molecular weight excluding hydrogens is 875 g/mol. The number of nitrogens with zero attached hydrogens (tertiary/aromatic N) is 4. The topological polar surface area (TPSA) is 160 Å². The third-order valence-corrected chi connectivity index (χ3v) is 13.4. The Morgan fingerprint density at radius 2 is 1.29 bits per heavy atom. The van der Waals surface area contributed by atoms with E-state index < -0.39 is 15.8 Å². The van der Waals surface area contributed by atoms with Crippen LogP contribution in [0.2, 0.25) is 0 Å². The third kappa shape index (κ3) is 13.8. The summed E-state index contributed by atoms with van der Waals surface area (Å²) in [5.41, 5.74) is 8.59. The number of amides is 2. The molecule has 1 unspecified atom stereocenters. The Labute approximate surface area is 401 Å². The van der Waals surface area contributed by atoms with Gasteiger partial charge in [-0.25, -0.2) is 8.42 Å². The van der Waals surface area contributed by atoms with Gasteiger partial charge >= 0.3 is 0 Å². The number of carbonyl (C=O) groups excluding carboxylic acids is 4. The van der Waals surface area contributed by atoms with Crippen molar-refractivity contribution in [3.63, 3.8) is 0 Å². The van der Waals surface area contributed by atoms with Crippen LogP contribution < -0.4 is 4.90 Å². The standard InChI is InChI=1S/C51H53N5O7S.C4H10/c1-35-17-21-37(22-18-35)23-24-41(33-64(61,62)43-29-19-36(2)20-30-43)50(59)38-25-27-39(28-26-38)51(60)55(3)34-63-31-9-12-42(57)11-8-16-47(58)56-32-40-10-4-5-13-44(40)48-49(53-54-52-48)45-14-6-7-15-46(45)56;1-4(2)3/h4-7,10,13-15,17-22,25-30,41H,8-9,11-12,16,23-24,31-34H2,1-3H3,(H,52,53,54);4H,1-3H3.